The molecule has 0 saturated carbocycles. The molecule has 0 bridgehead atoms. The van der Waals surface area contributed by atoms with Crippen LogP contribution in [0.1, 0.15) is 47.9 Å². The van der Waals surface area contributed by atoms with Gasteiger partial charge in [-0.25, -0.2) is 19.3 Å². The Morgan fingerprint density at radius 3 is 1.23 bits per heavy atom. The average Bonchev–Trinajstić information content (AvgIpc) is 1.13. The van der Waals surface area contributed by atoms with Crippen LogP contribution in [0.25, 0.3) is 11.4 Å². The lowest BCUT2D eigenvalue weighted by Crippen LogP contribution is -2.37. The molecule has 26 nitrogen and oxygen atoms in total. The van der Waals surface area contributed by atoms with E-state index >= 15 is 0 Å². The van der Waals surface area contributed by atoms with Crippen molar-refractivity contribution in [1.29, 1.82) is 0 Å². The highest BCUT2D eigenvalue weighted by Gasteiger charge is 2.29. The molecular formula is C68H80Cl2N18O8. The normalized spacial score (nSPS) is 15.4. The lowest BCUT2D eigenvalue weighted by atomic mass is 9.96. The number of carboxylic acids is 2. The molecule has 4 aromatic carbocycles. The fourth-order valence-electron chi connectivity index (χ4n) is 12.3. The molecule has 8 aromatic rings. The van der Waals surface area contributed by atoms with Crippen molar-refractivity contribution >= 4 is 105 Å². The molecule has 0 unspecified atom stereocenters. The van der Waals surface area contributed by atoms with Crippen molar-refractivity contribution in [3.63, 3.8) is 0 Å². The van der Waals surface area contributed by atoms with E-state index in [1.807, 2.05) is 73.1 Å². The molecule has 2 amide bonds. The van der Waals surface area contributed by atoms with Gasteiger partial charge in [0.15, 0.2) is 11.6 Å². The van der Waals surface area contributed by atoms with E-state index < -0.39 is 11.9 Å². The van der Waals surface area contributed by atoms with E-state index in [1.165, 1.54) is 22.3 Å². The minimum atomic E-state index is -0.733. The monoisotopic (exact) mass is 1350 g/mol. The van der Waals surface area contributed by atoms with Crippen LogP contribution < -0.4 is 40.5 Å². The minimum absolute atomic E-state index is 0.0931. The Morgan fingerprint density at radius 2 is 0.896 bits per heavy atom. The summed E-state index contributed by atoms with van der Waals surface area (Å²) in [5.41, 5.74) is 11.2. The molecule has 0 aliphatic carbocycles. The quantitative estimate of drug-likeness (QED) is 0.0414. The molecule has 0 spiro atoms. The number of nitrogens with zero attached hydrogens (tertiary/aromatic N) is 14. The number of benzene rings is 4. The van der Waals surface area contributed by atoms with Crippen molar-refractivity contribution in [1.82, 2.24) is 59.1 Å². The Labute approximate surface area is 567 Å². The van der Waals surface area contributed by atoms with Gasteiger partial charge in [0, 0.05) is 117 Å². The fourth-order valence-corrected chi connectivity index (χ4v) is 12.5. The van der Waals surface area contributed by atoms with Crippen LogP contribution in [0.2, 0.25) is 10.0 Å². The van der Waals surface area contributed by atoms with E-state index in [1.54, 1.807) is 86.4 Å². The third kappa shape index (κ3) is 16.5. The molecule has 0 radical (unpaired) electrons. The molecule has 0 atom stereocenters. The van der Waals surface area contributed by atoms with Crippen molar-refractivity contribution in [3.8, 4) is 22.9 Å². The smallest absolute Gasteiger partial charge is 0.306 e. The first-order valence-electron chi connectivity index (χ1n) is 32.0. The summed E-state index contributed by atoms with van der Waals surface area (Å²) in [7, 11) is 10.4. The Morgan fingerprint density at radius 1 is 0.521 bits per heavy atom. The first-order chi connectivity index (χ1) is 46.4. The second kappa shape index (κ2) is 30.8. The number of ether oxygens (including phenoxy) is 2. The van der Waals surface area contributed by atoms with Crippen LogP contribution in [-0.2, 0) is 44.9 Å². The Balaban J connectivity index is 0.000000195. The number of hydrogen-bond acceptors (Lipinski definition) is 20. The zero-order valence-electron chi connectivity index (χ0n) is 54.6. The maximum atomic E-state index is 12.3. The van der Waals surface area contributed by atoms with Crippen LogP contribution in [0.15, 0.2) is 110 Å². The number of carboxylic acid groups (broad SMARTS) is 2. The number of rotatable bonds is 20. The number of likely N-dealkylation sites (N-methyl/N-ethyl adjacent to an activating group) is 2. The van der Waals surface area contributed by atoms with Crippen LogP contribution in [0.5, 0.6) is 11.5 Å². The largest absolute Gasteiger partial charge is 0.495 e. The van der Waals surface area contributed by atoms with E-state index in [4.69, 9.17) is 42.6 Å². The van der Waals surface area contributed by atoms with Crippen LogP contribution in [0.4, 0.5) is 57.7 Å². The number of anilines is 10. The van der Waals surface area contributed by atoms with E-state index in [2.05, 4.69) is 73.2 Å². The number of nitrogens with one attached hydrogen (secondary N) is 4. The summed E-state index contributed by atoms with van der Waals surface area (Å²) >= 11 is 13.2. The van der Waals surface area contributed by atoms with Gasteiger partial charge in [-0.05, 0) is 146 Å². The molecule has 504 valence electrons. The number of carbonyl (C=O) groups excluding carboxylic acids is 2. The number of fused-ring (bicyclic) bond motifs is 2. The summed E-state index contributed by atoms with van der Waals surface area (Å²) in [6, 6.07) is 23.9. The number of piperidine rings is 2. The first-order valence-corrected chi connectivity index (χ1v) is 32.7. The molecule has 8 heterocycles. The van der Waals surface area contributed by atoms with Gasteiger partial charge < -0.3 is 60.6 Å². The highest BCUT2D eigenvalue weighted by molar-refractivity contribution is 6.33. The zero-order chi connectivity index (χ0) is 67.6. The molecule has 28 heteroatoms. The van der Waals surface area contributed by atoms with Crippen molar-refractivity contribution in [2.24, 2.45) is 11.8 Å². The summed E-state index contributed by atoms with van der Waals surface area (Å²) < 4.78 is 15.0. The molecule has 2 saturated heterocycles. The van der Waals surface area contributed by atoms with Gasteiger partial charge in [-0.2, -0.15) is 20.2 Å². The van der Waals surface area contributed by atoms with E-state index in [0.29, 0.717) is 110 Å². The SMILES string of the molecule is COc1cc2c(cc1Nc1ncc(Cl)c(Nc3ccc(N4CCC(C(=O)O)CC4)cc3-n3cccn3)n1)CCN(CC(=O)N(C)C)CC2.COc1cc2c(cc1Nc1ncc(Cl)c(Nc3ccc(N4CCC(C(=O)O)CC4)cc3-n3cccn3)n1)CCN(CC(=O)N(C)C)CC2. The standard InChI is InChI=1S/2C34H40ClN9O4/c2*1-41(2)31(45)21-42-13-7-23-17-28(30(48-3)18-24(23)8-14-42)39-34-36-20-26(35)32(40-34)38-27-6-5-25(19-29(27)44-12-4-11-37-44)43-15-9-22(10-16-43)33(46)47/h2*4-6,11-12,17-20,22H,7-10,13-16,21H2,1-3H3,(H,46,47)(H2,36,38,39,40). The number of hydrogen-bond donors (Lipinski definition) is 6. The summed E-state index contributed by atoms with van der Waals surface area (Å²) in [6.45, 7) is 6.59. The predicted molar refractivity (Wildman–Crippen MR) is 371 cm³/mol. The molecule has 4 aliphatic heterocycles. The van der Waals surface area contributed by atoms with Gasteiger partial charge in [0.25, 0.3) is 0 Å². The summed E-state index contributed by atoms with van der Waals surface area (Å²) in [5, 5.41) is 41.8. The van der Waals surface area contributed by atoms with Gasteiger partial charge in [-0.1, -0.05) is 23.2 Å². The third-order valence-corrected chi connectivity index (χ3v) is 18.5. The molecule has 2 fully saturated rings. The van der Waals surface area contributed by atoms with Crippen LogP contribution >= 0.6 is 23.2 Å². The minimum Gasteiger partial charge on any atom is -0.495 e. The molecular weight excluding hydrogens is 1270 g/mol. The van der Waals surface area contributed by atoms with Crippen molar-refractivity contribution in [3.05, 3.63) is 142 Å². The fraction of sp³-hybridized carbons (Fsp3) is 0.382. The average molecular weight is 1350 g/mol. The Bertz CT molecular complexity index is 3810. The second-order valence-electron chi connectivity index (χ2n) is 24.6. The number of carbonyl (C=O) groups is 4. The maximum absolute atomic E-state index is 12.3. The highest BCUT2D eigenvalue weighted by Crippen LogP contribution is 2.38. The lowest BCUT2D eigenvalue weighted by Gasteiger charge is -2.32. The topological polar surface area (TPSA) is 282 Å². The number of amides is 2. The highest BCUT2D eigenvalue weighted by atomic mass is 35.5. The number of methoxy groups -OCH3 is 2. The number of halogens is 2. The zero-order valence-corrected chi connectivity index (χ0v) is 56.1. The van der Waals surface area contributed by atoms with Crippen molar-refractivity contribution in [2.75, 3.05) is 139 Å². The maximum Gasteiger partial charge on any atom is 0.306 e. The first kappa shape index (κ1) is 67.7. The van der Waals surface area contributed by atoms with Gasteiger partial charge in [0.2, 0.25) is 23.7 Å². The molecule has 4 aromatic heterocycles. The predicted octanol–water partition coefficient (Wildman–Crippen LogP) is 9.20. The molecule has 96 heavy (non-hydrogen) atoms. The summed E-state index contributed by atoms with van der Waals surface area (Å²) in [5.74, 6) is 0.940. The Hall–Kier alpha value is -9.76. The van der Waals surface area contributed by atoms with E-state index in [-0.39, 0.29) is 23.7 Å². The van der Waals surface area contributed by atoms with Crippen LogP contribution in [0, 0.1) is 11.8 Å². The van der Waals surface area contributed by atoms with Gasteiger partial charge in [-0.15, -0.1) is 0 Å². The van der Waals surface area contributed by atoms with E-state index in [9.17, 15) is 29.4 Å². The van der Waals surface area contributed by atoms with Gasteiger partial charge in [0.05, 0.1) is 85.7 Å². The van der Waals surface area contributed by atoms with E-state index in [0.717, 1.165) is 97.4 Å². The van der Waals surface area contributed by atoms with Gasteiger partial charge in [0.1, 0.15) is 21.5 Å². The number of aromatic nitrogens is 8. The molecule has 4 aliphatic rings. The van der Waals surface area contributed by atoms with Crippen LogP contribution in [-0.4, -0.2) is 201 Å². The van der Waals surface area contributed by atoms with Crippen molar-refractivity contribution < 1.29 is 38.9 Å². The third-order valence-electron chi connectivity index (χ3n) is 17.9. The summed E-state index contributed by atoms with van der Waals surface area (Å²) in [4.78, 5) is 77.9. The van der Waals surface area contributed by atoms with Gasteiger partial charge in [-0.3, -0.25) is 29.0 Å². The van der Waals surface area contributed by atoms with Gasteiger partial charge >= 0.3 is 11.9 Å². The van der Waals surface area contributed by atoms with Crippen LogP contribution in [0.3, 0.4) is 0 Å². The molecule has 12 rings (SSSR count). The lowest BCUT2D eigenvalue weighted by molar-refractivity contribution is -0.143. The second-order valence-corrected chi connectivity index (χ2v) is 25.4. The Kier molecular flexibility index (Phi) is 21.7. The summed E-state index contributed by atoms with van der Waals surface area (Å²) in [6.07, 6.45) is 15.9. The molecule has 6 N–H and O–H groups in total. The van der Waals surface area contributed by atoms with Crippen molar-refractivity contribution in [2.45, 2.75) is 51.4 Å². The number of aliphatic carboxylic acids is 2.